The largest absolute Gasteiger partial charge is 0.391 e. The van der Waals surface area contributed by atoms with Crippen molar-refractivity contribution in [3.05, 3.63) is 0 Å². The molecule has 2 aliphatic rings. The van der Waals surface area contributed by atoms with Gasteiger partial charge in [0.05, 0.1) is 5.92 Å². The monoisotopic (exact) mass is 234 g/mol. The summed E-state index contributed by atoms with van der Waals surface area (Å²) >= 11 is 0. The molecule has 0 amide bonds. The Hall–Kier alpha value is -0.540. The summed E-state index contributed by atoms with van der Waals surface area (Å²) in [7, 11) is 0. The highest BCUT2D eigenvalue weighted by atomic mass is 19.4. The number of ketones is 1. The van der Waals surface area contributed by atoms with Crippen LogP contribution in [0.3, 0.4) is 0 Å². The summed E-state index contributed by atoms with van der Waals surface area (Å²) in [6.07, 6.45) is 0.132. The summed E-state index contributed by atoms with van der Waals surface area (Å²) in [5.41, 5.74) is 0. The first-order chi connectivity index (χ1) is 7.48. The Morgan fingerprint density at radius 2 is 1.38 bits per heavy atom. The third-order valence-electron chi connectivity index (χ3n) is 4.10. The zero-order chi connectivity index (χ0) is 11.8. The Labute approximate surface area is 93.4 Å². The summed E-state index contributed by atoms with van der Waals surface area (Å²) < 4.78 is 37.3. The van der Waals surface area contributed by atoms with E-state index in [-0.39, 0.29) is 30.5 Å². The van der Waals surface area contributed by atoms with Gasteiger partial charge >= 0.3 is 6.18 Å². The van der Waals surface area contributed by atoms with Crippen LogP contribution in [0, 0.1) is 17.8 Å². The lowest BCUT2D eigenvalue weighted by Gasteiger charge is -2.33. The third-order valence-corrected chi connectivity index (χ3v) is 4.10. The molecular weight excluding hydrogens is 217 g/mol. The average molecular weight is 234 g/mol. The molecule has 0 aliphatic heterocycles. The van der Waals surface area contributed by atoms with Crippen LogP contribution in [-0.4, -0.2) is 12.0 Å². The van der Waals surface area contributed by atoms with Crippen molar-refractivity contribution < 1.29 is 18.0 Å². The standard InChI is InChI=1S/C12H17F3O/c13-12(14,15)10-6-4-9(5-7-10)11(16)8-2-1-3-8/h8-10H,1-7H2. The average Bonchev–Trinajstić information content (AvgIpc) is 2.14. The van der Waals surface area contributed by atoms with E-state index in [1.807, 2.05) is 0 Å². The molecule has 0 heterocycles. The van der Waals surface area contributed by atoms with Gasteiger partial charge in [-0.1, -0.05) is 6.42 Å². The van der Waals surface area contributed by atoms with Crippen molar-refractivity contribution >= 4 is 5.78 Å². The van der Waals surface area contributed by atoms with Gasteiger partial charge in [-0.25, -0.2) is 0 Å². The minimum Gasteiger partial charge on any atom is -0.299 e. The maximum atomic E-state index is 12.4. The number of carbonyl (C=O) groups is 1. The van der Waals surface area contributed by atoms with Gasteiger partial charge in [0.25, 0.3) is 0 Å². The first-order valence-corrected chi connectivity index (χ1v) is 6.09. The van der Waals surface area contributed by atoms with Crippen molar-refractivity contribution in [1.82, 2.24) is 0 Å². The second-order valence-corrected chi connectivity index (χ2v) is 5.12. The van der Waals surface area contributed by atoms with Gasteiger partial charge in [0.1, 0.15) is 5.78 Å². The van der Waals surface area contributed by atoms with Crippen LogP contribution in [0.5, 0.6) is 0 Å². The Kier molecular flexibility index (Phi) is 3.27. The van der Waals surface area contributed by atoms with Crippen LogP contribution in [0.4, 0.5) is 13.2 Å². The molecule has 16 heavy (non-hydrogen) atoms. The molecule has 92 valence electrons. The molecule has 2 fully saturated rings. The number of carbonyl (C=O) groups excluding carboxylic acids is 1. The predicted molar refractivity (Wildman–Crippen MR) is 53.9 cm³/mol. The van der Waals surface area contributed by atoms with Crippen molar-refractivity contribution in [2.24, 2.45) is 17.8 Å². The molecule has 0 aromatic carbocycles. The summed E-state index contributed by atoms with van der Waals surface area (Å²) in [6.45, 7) is 0. The summed E-state index contributed by atoms with van der Waals surface area (Å²) in [5, 5.41) is 0. The molecule has 4 heteroatoms. The first kappa shape index (κ1) is 11.9. The Morgan fingerprint density at radius 1 is 0.875 bits per heavy atom. The minimum absolute atomic E-state index is 0.0797. The van der Waals surface area contributed by atoms with E-state index < -0.39 is 12.1 Å². The zero-order valence-electron chi connectivity index (χ0n) is 9.22. The highest BCUT2D eigenvalue weighted by Crippen LogP contribution is 2.41. The molecule has 0 N–H and O–H groups in total. The van der Waals surface area contributed by atoms with Crippen LogP contribution in [0.25, 0.3) is 0 Å². The molecule has 0 atom stereocenters. The van der Waals surface area contributed by atoms with E-state index in [1.165, 1.54) is 0 Å². The molecule has 0 saturated heterocycles. The third kappa shape index (κ3) is 2.41. The fourth-order valence-corrected chi connectivity index (χ4v) is 2.73. The van der Waals surface area contributed by atoms with Crippen LogP contribution in [0.2, 0.25) is 0 Å². The summed E-state index contributed by atoms with van der Waals surface area (Å²) in [6, 6.07) is 0. The van der Waals surface area contributed by atoms with Crippen LogP contribution < -0.4 is 0 Å². The maximum absolute atomic E-state index is 12.4. The molecule has 0 aromatic rings. The van der Waals surface area contributed by atoms with Crippen molar-refractivity contribution in [3.63, 3.8) is 0 Å². The van der Waals surface area contributed by atoms with Gasteiger partial charge in [-0.15, -0.1) is 0 Å². The number of Topliss-reactive ketones (excluding diaryl/α,β-unsaturated/α-hetero) is 1. The van der Waals surface area contributed by atoms with Crippen LogP contribution in [0.15, 0.2) is 0 Å². The molecular formula is C12H17F3O. The first-order valence-electron chi connectivity index (χ1n) is 6.09. The van der Waals surface area contributed by atoms with Gasteiger partial charge in [0.2, 0.25) is 0 Å². The number of hydrogen-bond donors (Lipinski definition) is 0. The highest BCUT2D eigenvalue weighted by Gasteiger charge is 2.43. The molecule has 0 bridgehead atoms. The second kappa shape index (κ2) is 4.38. The topological polar surface area (TPSA) is 17.1 Å². The lowest BCUT2D eigenvalue weighted by Crippen LogP contribution is -2.34. The molecule has 0 radical (unpaired) electrons. The van der Waals surface area contributed by atoms with Gasteiger partial charge in [-0.05, 0) is 38.5 Å². The maximum Gasteiger partial charge on any atom is 0.391 e. The van der Waals surface area contributed by atoms with Crippen molar-refractivity contribution in [2.75, 3.05) is 0 Å². The van der Waals surface area contributed by atoms with Crippen molar-refractivity contribution in [3.8, 4) is 0 Å². The number of rotatable bonds is 2. The summed E-state index contributed by atoms with van der Waals surface area (Å²) in [5.74, 6) is -0.832. The fraction of sp³-hybridized carbons (Fsp3) is 0.917. The van der Waals surface area contributed by atoms with Gasteiger partial charge < -0.3 is 0 Å². The fourth-order valence-electron chi connectivity index (χ4n) is 2.73. The predicted octanol–water partition coefficient (Wildman–Crippen LogP) is 3.72. The van der Waals surface area contributed by atoms with Crippen LogP contribution >= 0.6 is 0 Å². The van der Waals surface area contributed by atoms with E-state index in [0.29, 0.717) is 12.8 Å². The van der Waals surface area contributed by atoms with Crippen LogP contribution in [0.1, 0.15) is 44.9 Å². The van der Waals surface area contributed by atoms with Crippen molar-refractivity contribution in [1.29, 1.82) is 0 Å². The van der Waals surface area contributed by atoms with Gasteiger partial charge in [-0.2, -0.15) is 13.2 Å². The smallest absolute Gasteiger partial charge is 0.299 e. The van der Waals surface area contributed by atoms with Crippen LogP contribution in [-0.2, 0) is 4.79 Å². The van der Waals surface area contributed by atoms with E-state index >= 15 is 0 Å². The van der Waals surface area contributed by atoms with Gasteiger partial charge in [-0.3, -0.25) is 4.79 Å². The Bertz CT molecular complexity index is 260. The lowest BCUT2D eigenvalue weighted by molar-refractivity contribution is -0.184. The minimum atomic E-state index is -4.06. The molecule has 1 nitrogen and oxygen atoms in total. The quantitative estimate of drug-likeness (QED) is 0.711. The lowest BCUT2D eigenvalue weighted by atomic mass is 9.72. The van der Waals surface area contributed by atoms with Gasteiger partial charge in [0.15, 0.2) is 0 Å². The Balaban J connectivity index is 1.82. The Morgan fingerprint density at radius 3 is 1.75 bits per heavy atom. The number of halogens is 3. The highest BCUT2D eigenvalue weighted by molar-refractivity contribution is 5.84. The molecule has 2 rings (SSSR count). The molecule has 0 aromatic heterocycles. The zero-order valence-corrected chi connectivity index (χ0v) is 9.22. The van der Waals surface area contributed by atoms with E-state index in [0.717, 1.165) is 19.3 Å². The van der Waals surface area contributed by atoms with E-state index in [2.05, 4.69) is 0 Å². The molecule has 0 unspecified atom stereocenters. The normalized spacial score (nSPS) is 32.2. The van der Waals surface area contributed by atoms with E-state index in [4.69, 9.17) is 0 Å². The second-order valence-electron chi connectivity index (χ2n) is 5.12. The summed E-state index contributed by atoms with van der Waals surface area (Å²) in [4.78, 5) is 11.9. The van der Waals surface area contributed by atoms with Crippen molar-refractivity contribution in [2.45, 2.75) is 51.1 Å². The molecule has 2 saturated carbocycles. The molecule has 0 spiro atoms. The number of alkyl halides is 3. The van der Waals surface area contributed by atoms with E-state index in [1.54, 1.807) is 0 Å². The number of hydrogen-bond acceptors (Lipinski definition) is 1. The SMILES string of the molecule is O=C(C1CCC1)C1CCC(C(F)(F)F)CC1. The van der Waals surface area contributed by atoms with E-state index in [9.17, 15) is 18.0 Å². The molecule has 2 aliphatic carbocycles. The van der Waals surface area contributed by atoms with Gasteiger partial charge in [0, 0.05) is 11.8 Å².